The zero-order valence-corrected chi connectivity index (χ0v) is 18.8. The van der Waals surface area contributed by atoms with Crippen LogP contribution in [0, 0.1) is 23.7 Å². The highest BCUT2D eigenvalue weighted by molar-refractivity contribution is 5.81. The molecule has 0 aliphatic heterocycles. The Balaban J connectivity index is 2.54. The van der Waals surface area contributed by atoms with Gasteiger partial charge >= 0.3 is 5.97 Å². The molecule has 0 aromatic heterocycles. The number of hydrogen-bond donors (Lipinski definition) is 3. The molecule has 0 aliphatic carbocycles. The van der Waals surface area contributed by atoms with E-state index in [0.29, 0.717) is 13.2 Å². The molecule has 0 bridgehead atoms. The largest absolute Gasteiger partial charge is 0.463 e. The van der Waals surface area contributed by atoms with Crippen molar-refractivity contribution < 1.29 is 29.6 Å². The van der Waals surface area contributed by atoms with Crippen molar-refractivity contribution in [2.75, 3.05) is 13.2 Å². The first kappa shape index (κ1) is 26.3. The summed E-state index contributed by atoms with van der Waals surface area (Å²) >= 11 is 0. The molecule has 1 aromatic carbocycles. The van der Waals surface area contributed by atoms with E-state index in [-0.39, 0.29) is 24.4 Å². The van der Waals surface area contributed by atoms with Crippen LogP contribution in [0.4, 0.5) is 0 Å². The Bertz CT molecular complexity index is 632. The highest BCUT2D eigenvalue weighted by Crippen LogP contribution is 2.28. The summed E-state index contributed by atoms with van der Waals surface area (Å²) in [6.07, 6.45) is 0.103. The summed E-state index contributed by atoms with van der Waals surface area (Å²) < 4.78 is 10.5. The van der Waals surface area contributed by atoms with Gasteiger partial charge in [0.1, 0.15) is 0 Å². The van der Waals surface area contributed by atoms with Crippen LogP contribution in [0.25, 0.3) is 0 Å². The van der Waals surface area contributed by atoms with Gasteiger partial charge in [-0.05, 0) is 30.4 Å². The monoisotopic (exact) mass is 422 g/mol. The van der Waals surface area contributed by atoms with Gasteiger partial charge in [-0.15, -0.1) is 0 Å². The van der Waals surface area contributed by atoms with Gasteiger partial charge in [0, 0.05) is 17.9 Å². The lowest BCUT2D eigenvalue weighted by Gasteiger charge is -2.35. The number of aliphatic hydroxyl groups excluding tert-OH is 3. The van der Waals surface area contributed by atoms with Gasteiger partial charge in [-0.25, -0.2) is 4.79 Å². The number of benzene rings is 1. The second-order valence-corrected chi connectivity index (χ2v) is 8.14. The first-order valence-electron chi connectivity index (χ1n) is 10.7. The number of ether oxygens (including phenoxy) is 2. The molecule has 30 heavy (non-hydrogen) atoms. The Morgan fingerprint density at radius 3 is 2.20 bits per heavy atom. The molecule has 3 N–H and O–H groups in total. The predicted octanol–water partition coefficient (Wildman–Crippen LogP) is 2.95. The van der Waals surface area contributed by atoms with Crippen LogP contribution in [0.3, 0.4) is 0 Å². The van der Waals surface area contributed by atoms with Gasteiger partial charge in [-0.1, -0.05) is 58.0 Å². The van der Waals surface area contributed by atoms with Crippen molar-refractivity contribution in [3.05, 3.63) is 48.0 Å². The second-order valence-electron chi connectivity index (χ2n) is 8.14. The number of rotatable bonds is 13. The van der Waals surface area contributed by atoms with E-state index in [1.54, 1.807) is 20.8 Å². The van der Waals surface area contributed by atoms with Crippen molar-refractivity contribution >= 4 is 5.97 Å². The summed E-state index contributed by atoms with van der Waals surface area (Å²) in [6.45, 7) is 10.2. The topological polar surface area (TPSA) is 96.2 Å². The normalized spacial score (nSPS) is 18.9. The molecule has 7 atom stereocenters. The first-order chi connectivity index (χ1) is 14.2. The van der Waals surface area contributed by atoms with E-state index in [1.807, 2.05) is 44.2 Å². The lowest BCUT2D eigenvalue weighted by molar-refractivity contribution is -0.137. The SMILES string of the molecule is CCOC(=O)/C=C/[C@H](O)[C@H](C)[C@H](C)[C@H](O)[C@H](C)[C@@H](O)[C@@H](C)COCc1ccccc1. The van der Waals surface area contributed by atoms with Gasteiger partial charge in [0.05, 0.1) is 38.1 Å². The molecule has 1 aromatic rings. The fraction of sp³-hybridized carbons (Fsp3) is 0.625. The molecule has 0 heterocycles. The van der Waals surface area contributed by atoms with Crippen LogP contribution in [0.1, 0.15) is 40.2 Å². The van der Waals surface area contributed by atoms with Gasteiger partial charge in [0.2, 0.25) is 0 Å². The summed E-state index contributed by atoms with van der Waals surface area (Å²) in [6, 6.07) is 9.82. The zero-order valence-electron chi connectivity index (χ0n) is 18.8. The summed E-state index contributed by atoms with van der Waals surface area (Å²) in [7, 11) is 0. The average molecular weight is 423 g/mol. The Kier molecular flexibility index (Phi) is 11.9. The Morgan fingerprint density at radius 1 is 0.967 bits per heavy atom. The predicted molar refractivity (Wildman–Crippen MR) is 117 cm³/mol. The van der Waals surface area contributed by atoms with Gasteiger partial charge in [-0.2, -0.15) is 0 Å². The summed E-state index contributed by atoms with van der Waals surface area (Å²) in [5.74, 6) is -1.68. The number of hydrogen-bond acceptors (Lipinski definition) is 6. The maximum Gasteiger partial charge on any atom is 0.330 e. The van der Waals surface area contributed by atoms with Crippen molar-refractivity contribution in [2.24, 2.45) is 23.7 Å². The molecular formula is C24H38O6. The second kappa shape index (κ2) is 13.5. The Labute approximate surface area is 180 Å². The van der Waals surface area contributed by atoms with Crippen molar-refractivity contribution in [3.63, 3.8) is 0 Å². The van der Waals surface area contributed by atoms with Crippen LogP contribution in [-0.4, -0.2) is 52.8 Å². The first-order valence-corrected chi connectivity index (χ1v) is 10.7. The smallest absolute Gasteiger partial charge is 0.330 e. The number of carbonyl (C=O) groups excluding carboxylic acids is 1. The van der Waals surface area contributed by atoms with Crippen molar-refractivity contribution in [1.82, 2.24) is 0 Å². The molecule has 6 nitrogen and oxygen atoms in total. The number of aliphatic hydroxyl groups is 3. The molecule has 0 aliphatic rings. The van der Waals surface area contributed by atoms with E-state index >= 15 is 0 Å². The molecule has 170 valence electrons. The van der Waals surface area contributed by atoms with Gasteiger partial charge in [0.15, 0.2) is 0 Å². The minimum atomic E-state index is -0.907. The maximum atomic E-state index is 11.4. The third kappa shape index (κ3) is 8.56. The molecule has 0 spiro atoms. The fourth-order valence-corrected chi connectivity index (χ4v) is 3.40. The lowest BCUT2D eigenvalue weighted by Crippen LogP contribution is -2.42. The maximum absolute atomic E-state index is 11.4. The van der Waals surface area contributed by atoms with E-state index in [0.717, 1.165) is 5.56 Å². The highest BCUT2D eigenvalue weighted by atomic mass is 16.5. The van der Waals surface area contributed by atoms with Crippen LogP contribution in [0.15, 0.2) is 42.5 Å². The third-order valence-electron chi connectivity index (χ3n) is 5.78. The van der Waals surface area contributed by atoms with Crippen LogP contribution in [0.2, 0.25) is 0 Å². The Hall–Kier alpha value is -1.73. The zero-order chi connectivity index (χ0) is 22.7. The molecule has 6 heteroatoms. The molecular weight excluding hydrogens is 384 g/mol. The van der Waals surface area contributed by atoms with Crippen LogP contribution in [0.5, 0.6) is 0 Å². The quantitative estimate of drug-likeness (QED) is 0.334. The molecule has 0 radical (unpaired) electrons. The van der Waals surface area contributed by atoms with Crippen molar-refractivity contribution in [3.8, 4) is 0 Å². The molecule has 0 saturated carbocycles. The minimum absolute atomic E-state index is 0.158. The Morgan fingerprint density at radius 2 is 1.60 bits per heavy atom. The summed E-state index contributed by atoms with van der Waals surface area (Å²) in [5.41, 5.74) is 1.07. The van der Waals surface area contributed by atoms with E-state index in [4.69, 9.17) is 9.47 Å². The number of carbonyl (C=O) groups is 1. The van der Waals surface area contributed by atoms with E-state index in [9.17, 15) is 20.1 Å². The van der Waals surface area contributed by atoms with Gasteiger partial charge in [0.25, 0.3) is 0 Å². The average Bonchev–Trinajstić information content (AvgIpc) is 2.75. The lowest BCUT2D eigenvalue weighted by atomic mass is 9.78. The van der Waals surface area contributed by atoms with Crippen LogP contribution < -0.4 is 0 Å². The summed E-state index contributed by atoms with van der Waals surface area (Å²) in [5, 5.41) is 31.8. The standard InChI is InChI=1S/C24H38O6/c1-6-30-22(26)13-12-21(25)17(3)18(4)24(28)19(5)23(27)16(2)14-29-15-20-10-8-7-9-11-20/h7-13,16-19,21,23-25,27-28H,6,14-15H2,1-5H3/b13-12+/t16-,17+,18-,19+,21-,23-,24-/m0/s1. The van der Waals surface area contributed by atoms with Crippen molar-refractivity contribution in [2.45, 2.75) is 59.5 Å². The number of esters is 1. The molecule has 0 saturated heterocycles. The van der Waals surface area contributed by atoms with E-state index < -0.39 is 30.2 Å². The van der Waals surface area contributed by atoms with E-state index in [1.165, 1.54) is 12.2 Å². The van der Waals surface area contributed by atoms with Gasteiger partial charge in [-0.3, -0.25) is 0 Å². The highest BCUT2D eigenvalue weighted by Gasteiger charge is 2.34. The fourth-order valence-electron chi connectivity index (χ4n) is 3.40. The van der Waals surface area contributed by atoms with Crippen LogP contribution in [-0.2, 0) is 20.9 Å². The molecule has 0 amide bonds. The third-order valence-corrected chi connectivity index (χ3v) is 5.78. The summed E-state index contributed by atoms with van der Waals surface area (Å²) in [4.78, 5) is 11.4. The van der Waals surface area contributed by atoms with Gasteiger partial charge < -0.3 is 24.8 Å². The molecule has 0 fully saturated rings. The molecule has 1 rings (SSSR count). The molecule has 0 unspecified atom stereocenters. The van der Waals surface area contributed by atoms with Crippen molar-refractivity contribution in [1.29, 1.82) is 0 Å². The van der Waals surface area contributed by atoms with E-state index in [2.05, 4.69) is 0 Å². The minimum Gasteiger partial charge on any atom is -0.463 e. The van der Waals surface area contributed by atoms with Crippen LogP contribution >= 0.6 is 0 Å².